The zero-order valence-electron chi connectivity index (χ0n) is 13.2. The molecule has 0 aliphatic heterocycles. The molecule has 1 aromatic heterocycles. The number of nitrogens with zero attached hydrogens (tertiary/aromatic N) is 3. The van der Waals surface area contributed by atoms with Crippen LogP contribution in [-0.2, 0) is 17.1 Å². The summed E-state index contributed by atoms with van der Waals surface area (Å²) in [6, 6.07) is 6.10. The fraction of sp³-hybridized carbons (Fsp3) is 0.467. The van der Waals surface area contributed by atoms with Gasteiger partial charge in [0.05, 0.1) is 4.90 Å². The molecule has 130 valence electrons. The van der Waals surface area contributed by atoms with E-state index in [0.29, 0.717) is 5.02 Å². The number of hydrogen-bond donors (Lipinski definition) is 1. The van der Waals surface area contributed by atoms with Gasteiger partial charge in [0.15, 0.2) is 5.16 Å². The van der Waals surface area contributed by atoms with Crippen molar-refractivity contribution in [1.29, 1.82) is 0 Å². The minimum atomic E-state index is -3.56. The number of aryl methyl sites for hydroxylation is 1. The third kappa shape index (κ3) is 4.11. The van der Waals surface area contributed by atoms with Crippen LogP contribution in [0.2, 0.25) is 5.02 Å². The summed E-state index contributed by atoms with van der Waals surface area (Å²) >= 11 is 7.42. The first-order valence-electron chi connectivity index (χ1n) is 7.74. The zero-order valence-corrected chi connectivity index (χ0v) is 15.6. The van der Waals surface area contributed by atoms with E-state index in [9.17, 15) is 8.42 Å². The zero-order chi connectivity index (χ0) is 17.2. The van der Waals surface area contributed by atoms with E-state index >= 15 is 0 Å². The predicted octanol–water partition coefficient (Wildman–Crippen LogP) is 2.85. The molecule has 9 heteroatoms. The first-order valence-corrected chi connectivity index (χ1v) is 10.5. The van der Waals surface area contributed by atoms with Gasteiger partial charge in [-0.3, -0.25) is 0 Å². The van der Waals surface area contributed by atoms with E-state index in [4.69, 9.17) is 11.6 Å². The number of hydrogen-bond acceptors (Lipinski definition) is 5. The Labute approximate surface area is 151 Å². The third-order valence-electron chi connectivity index (χ3n) is 4.06. The van der Waals surface area contributed by atoms with Crippen molar-refractivity contribution < 1.29 is 8.42 Å². The van der Waals surface area contributed by atoms with Crippen LogP contribution in [0.15, 0.2) is 40.6 Å². The molecule has 1 saturated carbocycles. The molecule has 1 aliphatic carbocycles. The van der Waals surface area contributed by atoms with Gasteiger partial charge in [-0.25, -0.2) is 13.1 Å². The normalized spacial score (nSPS) is 21.8. The van der Waals surface area contributed by atoms with Gasteiger partial charge < -0.3 is 4.57 Å². The Morgan fingerprint density at radius 2 is 1.96 bits per heavy atom. The number of benzene rings is 1. The molecule has 0 spiro atoms. The van der Waals surface area contributed by atoms with Gasteiger partial charge in [-0.1, -0.05) is 36.2 Å². The fourth-order valence-electron chi connectivity index (χ4n) is 2.77. The predicted molar refractivity (Wildman–Crippen MR) is 94.7 cm³/mol. The van der Waals surface area contributed by atoms with Crippen molar-refractivity contribution in [1.82, 2.24) is 19.5 Å². The molecular formula is C15H19ClN4O2S2. The summed E-state index contributed by atoms with van der Waals surface area (Å²) in [5, 5.41) is 9.44. The number of sulfonamides is 1. The topological polar surface area (TPSA) is 76.9 Å². The highest BCUT2D eigenvalue weighted by Crippen LogP contribution is 2.33. The summed E-state index contributed by atoms with van der Waals surface area (Å²) in [6.07, 6.45) is 5.53. The third-order valence-corrected chi connectivity index (χ3v) is 7.26. The van der Waals surface area contributed by atoms with E-state index in [2.05, 4.69) is 14.9 Å². The molecule has 24 heavy (non-hydrogen) atoms. The summed E-state index contributed by atoms with van der Waals surface area (Å²) in [5.74, 6) is 0. The first kappa shape index (κ1) is 17.7. The van der Waals surface area contributed by atoms with Crippen molar-refractivity contribution in [3.63, 3.8) is 0 Å². The number of halogens is 1. The van der Waals surface area contributed by atoms with Gasteiger partial charge in [0.2, 0.25) is 10.0 Å². The Bertz CT molecular complexity index is 792. The first-order chi connectivity index (χ1) is 11.5. The largest absolute Gasteiger partial charge is 0.312 e. The van der Waals surface area contributed by atoms with Crippen LogP contribution in [0.4, 0.5) is 0 Å². The summed E-state index contributed by atoms with van der Waals surface area (Å²) in [7, 11) is -1.68. The van der Waals surface area contributed by atoms with Crippen LogP contribution in [0, 0.1) is 0 Å². The lowest BCUT2D eigenvalue weighted by Gasteiger charge is -2.31. The van der Waals surface area contributed by atoms with Crippen LogP contribution in [-0.4, -0.2) is 34.5 Å². The lowest BCUT2D eigenvalue weighted by Crippen LogP contribution is -2.43. The molecule has 0 amide bonds. The highest BCUT2D eigenvalue weighted by atomic mass is 35.5. The monoisotopic (exact) mass is 386 g/mol. The van der Waals surface area contributed by atoms with Crippen LogP contribution in [0.1, 0.15) is 25.7 Å². The van der Waals surface area contributed by atoms with E-state index in [0.717, 1.165) is 30.8 Å². The summed E-state index contributed by atoms with van der Waals surface area (Å²) in [4.78, 5) is 0.236. The van der Waals surface area contributed by atoms with E-state index in [-0.39, 0.29) is 16.2 Å². The standard InChI is InChI=1S/C15H19ClN4O2S2/c1-20-10-17-18-15(20)23-14-5-3-2-4-13(14)19-24(21,22)12-8-6-11(16)7-9-12/h6-10,13-14,19H,2-5H2,1H3/t13-,14+/m1/s1. The Kier molecular flexibility index (Phi) is 5.49. The van der Waals surface area contributed by atoms with Crippen molar-refractivity contribution in [2.75, 3.05) is 0 Å². The average Bonchev–Trinajstić information content (AvgIpc) is 2.94. The second kappa shape index (κ2) is 7.43. The number of aromatic nitrogens is 3. The van der Waals surface area contributed by atoms with Gasteiger partial charge in [0, 0.05) is 23.4 Å². The number of nitrogens with one attached hydrogen (secondary N) is 1. The molecule has 1 aromatic carbocycles. The van der Waals surface area contributed by atoms with Crippen molar-refractivity contribution >= 4 is 33.4 Å². The lowest BCUT2D eigenvalue weighted by atomic mass is 9.96. The van der Waals surface area contributed by atoms with Crippen LogP contribution >= 0.6 is 23.4 Å². The smallest absolute Gasteiger partial charge is 0.240 e. The van der Waals surface area contributed by atoms with E-state index in [1.54, 1.807) is 30.2 Å². The highest BCUT2D eigenvalue weighted by Gasteiger charge is 2.31. The molecule has 1 aliphatic rings. The maximum atomic E-state index is 12.6. The Hall–Kier alpha value is -1.09. The second-order valence-electron chi connectivity index (χ2n) is 5.85. The molecule has 0 bridgehead atoms. The molecule has 0 radical (unpaired) electrons. The van der Waals surface area contributed by atoms with Gasteiger partial charge in [0.25, 0.3) is 0 Å². The van der Waals surface area contributed by atoms with Crippen molar-refractivity contribution in [2.45, 2.75) is 47.0 Å². The Balaban J connectivity index is 1.75. The van der Waals surface area contributed by atoms with Crippen LogP contribution in [0.25, 0.3) is 0 Å². The molecular weight excluding hydrogens is 368 g/mol. The molecule has 1 heterocycles. The molecule has 1 fully saturated rings. The molecule has 0 unspecified atom stereocenters. The molecule has 0 saturated heterocycles. The summed E-state index contributed by atoms with van der Waals surface area (Å²) in [5.41, 5.74) is 0. The van der Waals surface area contributed by atoms with Crippen LogP contribution < -0.4 is 4.72 Å². The number of rotatable bonds is 5. The van der Waals surface area contributed by atoms with Crippen LogP contribution in [0.5, 0.6) is 0 Å². The molecule has 3 rings (SSSR count). The lowest BCUT2D eigenvalue weighted by molar-refractivity contribution is 0.422. The molecule has 6 nitrogen and oxygen atoms in total. The van der Waals surface area contributed by atoms with Crippen molar-refractivity contribution in [3.05, 3.63) is 35.6 Å². The van der Waals surface area contributed by atoms with E-state index < -0.39 is 10.0 Å². The van der Waals surface area contributed by atoms with Gasteiger partial charge in [0.1, 0.15) is 6.33 Å². The van der Waals surface area contributed by atoms with Gasteiger partial charge >= 0.3 is 0 Å². The molecule has 2 atom stereocenters. The fourth-order valence-corrected chi connectivity index (χ4v) is 5.52. The summed E-state index contributed by atoms with van der Waals surface area (Å²) < 4.78 is 30.0. The average molecular weight is 387 g/mol. The Morgan fingerprint density at radius 3 is 2.62 bits per heavy atom. The van der Waals surface area contributed by atoms with Gasteiger partial charge in [-0.05, 0) is 37.1 Å². The second-order valence-corrected chi connectivity index (χ2v) is 9.20. The van der Waals surface area contributed by atoms with Crippen molar-refractivity contribution in [2.24, 2.45) is 7.05 Å². The minimum Gasteiger partial charge on any atom is -0.312 e. The number of thioether (sulfide) groups is 1. The maximum Gasteiger partial charge on any atom is 0.240 e. The molecule has 1 N–H and O–H groups in total. The van der Waals surface area contributed by atoms with E-state index in [1.807, 2.05) is 11.6 Å². The summed E-state index contributed by atoms with van der Waals surface area (Å²) in [6.45, 7) is 0. The quantitative estimate of drug-likeness (QED) is 0.854. The van der Waals surface area contributed by atoms with E-state index in [1.165, 1.54) is 12.1 Å². The maximum absolute atomic E-state index is 12.6. The minimum absolute atomic E-state index is 0.124. The molecule has 2 aromatic rings. The van der Waals surface area contributed by atoms with Crippen LogP contribution in [0.3, 0.4) is 0 Å². The van der Waals surface area contributed by atoms with Gasteiger partial charge in [-0.2, -0.15) is 0 Å². The Morgan fingerprint density at radius 1 is 1.25 bits per heavy atom. The highest BCUT2D eigenvalue weighted by molar-refractivity contribution is 7.99. The SMILES string of the molecule is Cn1cnnc1S[C@H]1CCCC[C@H]1NS(=O)(=O)c1ccc(Cl)cc1. The van der Waals surface area contributed by atoms with Crippen molar-refractivity contribution in [3.8, 4) is 0 Å². The van der Waals surface area contributed by atoms with Gasteiger partial charge in [-0.15, -0.1) is 10.2 Å².